The number of aliphatic hydroxyl groups is 1. The molecule has 0 atom stereocenters. The third kappa shape index (κ3) is 1.44. The lowest BCUT2D eigenvalue weighted by atomic mass is 10.0. The molecule has 3 heteroatoms. The Morgan fingerprint density at radius 2 is 2.00 bits per heavy atom. The van der Waals surface area contributed by atoms with Gasteiger partial charge in [-0.2, -0.15) is 0 Å². The van der Waals surface area contributed by atoms with E-state index in [1.165, 1.54) is 0 Å². The minimum absolute atomic E-state index is 0.115. The van der Waals surface area contributed by atoms with Crippen LogP contribution >= 0.6 is 0 Å². The molecule has 3 nitrogen and oxygen atoms in total. The lowest BCUT2D eigenvalue weighted by molar-refractivity contribution is 0.248. The monoisotopic (exact) mass is 215 g/mol. The molecule has 0 spiro atoms. The van der Waals surface area contributed by atoms with Crippen molar-refractivity contribution in [1.29, 1.82) is 0 Å². The number of hydrogen-bond acceptors (Lipinski definition) is 3. The first kappa shape index (κ1) is 9.60. The van der Waals surface area contributed by atoms with Gasteiger partial charge in [0.15, 0.2) is 5.76 Å². The first-order valence-corrected chi connectivity index (χ1v) is 5.48. The Kier molecular flexibility index (Phi) is 2.07. The molecule has 16 heavy (non-hydrogen) atoms. The maximum Gasteiger partial charge on any atom is 0.167 e. The van der Waals surface area contributed by atoms with Crippen molar-refractivity contribution in [2.45, 2.75) is 18.3 Å². The highest BCUT2D eigenvalue weighted by atomic mass is 16.5. The van der Waals surface area contributed by atoms with E-state index in [1.54, 1.807) is 0 Å². The average Bonchev–Trinajstić information content (AvgIpc) is 3.00. The molecule has 1 saturated carbocycles. The van der Waals surface area contributed by atoms with Crippen molar-refractivity contribution in [3.8, 4) is 11.3 Å². The highest BCUT2D eigenvalue weighted by Crippen LogP contribution is 2.47. The number of rotatable bonds is 3. The zero-order valence-electron chi connectivity index (χ0n) is 8.89. The van der Waals surface area contributed by atoms with E-state index >= 15 is 0 Å². The Balaban J connectivity index is 1.94. The van der Waals surface area contributed by atoms with Crippen molar-refractivity contribution in [2.75, 3.05) is 6.61 Å². The molecule has 1 aromatic carbocycles. The molecule has 0 bridgehead atoms. The van der Waals surface area contributed by atoms with E-state index < -0.39 is 0 Å². The van der Waals surface area contributed by atoms with Crippen molar-refractivity contribution in [1.82, 2.24) is 5.16 Å². The van der Waals surface area contributed by atoms with Crippen LogP contribution in [0.15, 0.2) is 40.9 Å². The maximum atomic E-state index is 9.31. The first-order chi connectivity index (χ1) is 7.84. The summed E-state index contributed by atoms with van der Waals surface area (Å²) >= 11 is 0. The standard InChI is InChI=1S/C13H13NO2/c15-9-13(6-7-13)12-8-11(16-14-12)10-4-2-1-3-5-10/h1-5,8,15H,6-7,9H2. The predicted octanol–water partition coefficient (Wildman–Crippen LogP) is 2.37. The van der Waals surface area contributed by atoms with Crippen LogP contribution < -0.4 is 0 Å². The minimum atomic E-state index is -0.115. The summed E-state index contributed by atoms with van der Waals surface area (Å²) in [5.74, 6) is 0.773. The molecule has 1 aliphatic carbocycles. The van der Waals surface area contributed by atoms with Crippen LogP contribution in [-0.2, 0) is 5.41 Å². The third-order valence-electron chi connectivity index (χ3n) is 3.27. The second-order valence-corrected chi connectivity index (χ2v) is 4.38. The van der Waals surface area contributed by atoms with E-state index in [9.17, 15) is 5.11 Å². The van der Waals surface area contributed by atoms with Crippen molar-refractivity contribution >= 4 is 0 Å². The fourth-order valence-corrected chi connectivity index (χ4v) is 1.91. The van der Waals surface area contributed by atoms with Crippen LogP contribution in [0.5, 0.6) is 0 Å². The fraction of sp³-hybridized carbons (Fsp3) is 0.308. The zero-order chi connectivity index (χ0) is 11.0. The van der Waals surface area contributed by atoms with Crippen molar-refractivity contribution in [3.05, 3.63) is 42.1 Å². The molecule has 0 saturated heterocycles. The van der Waals surface area contributed by atoms with E-state index in [0.717, 1.165) is 29.9 Å². The van der Waals surface area contributed by atoms with Gasteiger partial charge in [0, 0.05) is 17.0 Å². The van der Waals surface area contributed by atoms with Gasteiger partial charge in [-0.1, -0.05) is 35.5 Å². The van der Waals surface area contributed by atoms with Gasteiger partial charge in [0.05, 0.1) is 12.3 Å². The van der Waals surface area contributed by atoms with E-state index in [4.69, 9.17) is 4.52 Å². The zero-order valence-corrected chi connectivity index (χ0v) is 8.89. The highest BCUT2D eigenvalue weighted by molar-refractivity contribution is 5.57. The average molecular weight is 215 g/mol. The molecule has 1 fully saturated rings. The van der Waals surface area contributed by atoms with Crippen molar-refractivity contribution < 1.29 is 9.63 Å². The number of aromatic nitrogens is 1. The fourth-order valence-electron chi connectivity index (χ4n) is 1.91. The smallest absolute Gasteiger partial charge is 0.167 e. The van der Waals surface area contributed by atoms with Gasteiger partial charge in [-0.25, -0.2) is 0 Å². The lowest BCUT2D eigenvalue weighted by Gasteiger charge is -2.04. The van der Waals surface area contributed by atoms with Crippen molar-refractivity contribution in [3.63, 3.8) is 0 Å². The van der Waals surface area contributed by atoms with Gasteiger partial charge in [0.2, 0.25) is 0 Å². The Bertz CT molecular complexity index is 486. The first-order valence-electron chi connectivity index (χ1n) is 5.48. The van der Waals surface area contributed by atoms with Gasteiger partial charge < -0.3 is 9.63 Å². The van der Waals surface area contributed by atoms with Crippen LogP contribution in [-0.4, -0.2) is 16.9 Å². The second-order valence-electron chi connectivity index (χ2n) is 4.38. The van der Waals surface area contributed by atoms with Gasteiger partial charge in [0.25, 0.3) is 0 Å². The summed E-state index contributed by atoms with van der Waals surface area (Å²) in [6.45, 7) is 0.160. The summed E-state index contributed by atoms with van der Waals surface area (Å²) < 4.78 is 5.32. The second kappa shape index (κ2) is 3.46. The summed E-state index contributed by atoms with van der Waals surface area (Å²) in [5, 5.41) is 13.4. The van der Waals surface area contributed by atoms with Crippen LogP contribution in [0.4, 0.5) is 0 Å². The van der Waals surface area contributed by atoms with Crippen LogP contribution in [0.2, 0.25) is 0 Å². The Morgan fingerprint density at radius 3 is 2.62 bits per heavy atom. The van der Waals surface area contributed by atoms with E-state index in [2.05, 4.69) is 5.16 Å². The summed E-state index contributed by atoms with van der Waals surface area (Å²) in [6, 6.07) is 11.8. The Hall–Kier alpha value is -1.61. The topological polar surface area (TPSA) is 46.3 Å². The molecule has 1 aromatic heterocycles. The minimum Gasteiger partial charge on any atom is -0.395 e. The quantitative estimate of drug-likeness (QED) is 0.855. The Labute approximate surface area is 93.7 Å². The largest absolute Gasteiger partial charge is 0.395 e. The third-order valence-corrected chi connectivity index (χ3v) is 3.27. The van der Waals surface area contributed by atoms with Gasteiger partial charge >= 0.3 is 0 Å². The van der Waals surface area contributed by atoms with Gasteiger partial charge in [-0.15, -0.1) is 0 Å². The molecular weight excluding hydrogens is 202 g/mol. The molecule has 2 aromatic rings. The molecule has 1 N–H and O–H groups in total. The Morgan fingerprint density at radius 1 is 1.25 bits per heavy atom. The van der Waals surface area contributed by atoms with Gasteiger partial charge in [0.1, 0.15) is 0 Å². The van der Waals surface area contributed by atoms with Crippen LogP contribution in [0.1, 0.15) is 18.5 Å². The summed E-state index contributed by atoms with van der Waals surface area (Å²) in [4.78, 5) is 0. The highest BCUT2D eigenvalue weighted by Gasteiger charge is 2.46. The number of nitrogens with zero attached hydrogens (tertiary/aromatic N) is 1. The number of hydrogen-bond donors (Lipinski definition) is 1. The number of aliphatic hydroxyl groups excluding tert-OH is 1. The molecule has 0 unspecified atom stereocenters. The normalized spacial score (nSPS) is 17.3. The predicted molar refractivity (Wildman–Crippen MR) is 59.9 cm³/mol. The van der Waals surface area contributed by atoms with E-state index in [-0.39, 0.29) is 12.0 Å². The SMILES string of the molecule is OCC1(c2cc(-c3ccccc3)on2)CC1. The van der Waals surface area contributed by atoms with Crippen LogP contribution in [0, 0.1) is 0 Å². The van der Waals surface area contributed by atoms with Crippen LogP contribution in [0.25, 0.3) is 11.3 Å². The molecular formula is C13H13NO2. The van der Waals surface area contributed by atoms with Gasteiger partial charge in [-0.3, -0.25) is 0 Å². The molecule has 0 radical (unpaired) electrons. The summed E-state index contributed by atoms with van der Waals surface area (Å²) in [6.07, 6.45) is 2.01. The molecule has 1 aliphatic rings. The molecule has 0 amide bonds. The number of benzene rings is 1. The maximum absolute atomic E-state index is 9.31. The lowest BCUT2D eigenvalue weighted by Crippen LogP contribution is -2.11. The van der Waals surface area contributed by atoms with Crippen molar-refractivity contribution in [2.24, 2.45) is 0 Å². The molecule has 3 rings (SSSR count). The van der Waals surface area contributed by atoms with E-state index in [1.807, 2.05) is 36.4 Å². The van der Waals surface area contributed by atoms with Gasteiger partial charge in [-0.05, 0) is 12.8 Å². The summed E-state index contributed by atoms with van der Waals surface area (Å²) in [7, 11) is 0. The molecule has 0 aliphatic heterocycles. The van der Waals surface area contributed by atoms with Crippen LogP contribution in [0.3, 0.4) is 0 Å². The molecule has 82 valence electrons. The van der Waals surface area contributed by atoms with E-state index in [0.29, 0.717) is 0 Å². The molecule has 1 heterocycles. The summed E-state index contributed by atoms with van der Waals surface area (Å²) in [5.41, 5.74) is 1.79.